The smallest absolute Gasteiger partial charge is 0.269 e. The van der Waals surface area contributed by atoms with Gasteiger partial charge in [-0.05, 0) is 30.5 Å². The van der Waals surface area contributed by atoms with Gasteiger partial charge in [-0.25, -0.2) is 4.98 Å². The van der Waals surface area contributed by atoms with E-state index in [1.807, 2.05) is 25.2 Å². The van der Waals surface area contributed by atoms with Crippen LogP contribution in [0.1, 0.15) is 16.9 Å². The molecule has 0 unspecified atom stereocenters. The second-order valence-electron chi connectivity index (χ2n) is 5.68. The van der Waals surface area contributed by atoms with Crippen molar-refractivity contribution in [3.8, 4) is 0 Å². The summed E-state index contributed by atoms with van der Waals surface area (Å²) < 4.78 is 1.72. The average Bonchev–Trinajstić information content (AvgIpc) is 3.14. The normalized spacial score (nSPS) is 17.7. The second-order valence-corrected chi connectivity index (χ2v) is 6.12. The molecule has 1 fully saturated rings. The Bertz CT molecular complexity index is 670. The maximum Gasteiger partial charge on any atom is 0.269 e. The van der Waals surface area contributed by atoms with Gasteiger partial charge in [-0.1, -0.05) is 17.7 Å². The van der Waals surface area contributed by atoms with Crippen molar-refractivity contribution in [3.05, 3.63) is 47.5 Å². The Morgan fingerprint density at radius 1 is 1.50 bits per heavy atom. The van der Waals surface area contributed by atoms with Crippen LogP contribution < -0.4 is 10.2 Å². The third kappa shape index (κ3) is 3.25. The number of benzene rings is 1. The monoisotopic (exact) mass is 318 g/mol. The molecule has 0 spiro atoms. The molecule has 2 heterocycles. The Balaban J connectivity index is 1.53. The molecule has 1 aromatic carbocycles. The molecule has 2 aromatic rings. The highest BCUT2D eigenvalue weighted by Gasteiger charge is 2.23. The van der Waals surface area contributed by atoms with E-state index in [9.17, 15) is 4.79 Å². The zero-order valence-electron chi connectivity index (χ0n) is 12.5. The van der Waals surface area contributed by atoms with Crippen molar-refractivity contribution in [2.24, 2.45) is 13.0 Å². The van der Waals surface area contributed by atoms with Gasteiger partial charge in [0.2, 0.25) is 0 Å². The molecule has 1 aliphatic heterocycles. The first-order valence-corrected chi connectivity index (χ1v) is 7.76. The molecule has 1 aromatic heterocycles. The molecule has 3 rings (SSSR count). The van der Waals surface area contributed by atoms with Crippen LogP contribution in [0.3, 0.4) is 0 Å². The Labute approximate surface area is 134 Å². The van der Waals surface area contributed by atoms with Gasteiger partial charge in [-0.15, -0.1) is 0 Å². The van der Waals surface area contributed by atoms with Gasteiger partial charge < -0.3 is 14.8 Å². The molecule has 1 atom stereocenters. The van der Waals surface area contributed by atoms with Gasteiger partial charge in [0.25, 0.3) is 5.91 Å². The SMILES string of the molecule is Cn1cncc1C(=O)NC[C@@H]1CCN(c2cccc(Cl)c2)C1. The van der Waals surface area contributed by atoms with Crippen LogP contribution in [0.15, 0.2) is 36.8 Å². The fourth-order valence-corrected chi connectivity index (χ4v) is 2.99. The Kier molecular flexibility index (Phi) is 4.34. The first kappa shape index (κ1) is 14.9. The summed E-state index contributed by atoms with van der Waals surface area (Å²) in [5.74, 6) is 0.386. The maximum absolute atomic E-state index is 12.1. The van der Waals surface area contributed by atoms with Gasteiger partial charge in [-0.2, -0.15) is 0 Å². The molecule has 6 heteroatoms. The number of amides is 1. The summed E-state index contributed by atoms with van der Waals surface area (Å²) in [5, 5.41) is 3.75. The van der Waals surface area contributed by atoms with E-state index >= 15 is 0 Å². The van der Waals surface area contributed by atoms with Crippen LogP contribution in [-0.2, 0) is 7.05 Å². The topological polar surface area (TPSA) is 50.2 Å². The molecule has 1 saturated heterocycles. The number of anilines is 1. The van der Waals surface area contributed by atoms with E-state index in [1.54, 1.807) is 17.1 Å². The van der Waals surface area contributed by atoms with Gasteiger partial charge in [0.1, 0.15) is 5.69 Å². The first-order chi connectivity index (χ1) is 10.6. The molecule has 1 aliphatic rings. The number of carbonyl (C=O) groups is 1. The van der Waals surface area contributed by atoms with Crippen LogP contribution in [0.4, 0.5) is 5.69 Å². The van der Waals surface area contributed by atoms with E-state index in [0.717, 1.165) is 30.2 Å². The lowest BCUT2D eigenvalue weighted by molar-refractivity contribution is 0.0940. The number of carbonyl (C=O) groups excluding carboxylic acids is 1. The molecule has 22 heavy (non-hydrogen) atoms. The summed E-state index contributed by atoms with van der Waals surface area (Å²) in [5.41, 5.74) is 1.73. The van der Waals surface area contributed by atoms with Crippen molar-refractivity contribution in [2.75, 3.05) is 24.5 Å². The van der Waals surface area contributed by atoms with Crippen LogP contribution in [0.5, 0.6) is 0 Å². The predicted molar refractivity (Wildman–Crippen MR) is 87.3 cm³/mol. The summed E-state index contributed by atoms with van der Waals surface area (Å²) in [6.45, 7) is 2.61. The van der Waals surface area contributed by atoms with Gasteiger partial charge >= 0.3 is 0 Å². The third-order valence-electron chi connectivity index (χ3n) is 4.06. The molecule has 1 amide bonds. The minimum atomic E-state index is -0.0683. The lowest BCUT2D eigenvalue weighted by Crippen LogP contribution is -2.32. The van der Waals surface area contributed by atoms with Crippen LogP contribution in [0.2, 0.25) is 5.02 Å². The minimum Gasteiger partial charge on any atom is -0.371 e. The molecule has 0 aliphatic carbocycles. The summed E-state index contributed by atoms with van der Waals surface area (Å²) in [4.78, 5) is 18.4. The standard InChI is InChI=1S/C16H19ClN4O/c1-20-11-18-9-15(20)16(22)19-8-12-5-6-21(10-12)14-4-2-3-13(17)7-14/h2-4,7,9,11-12H,5-6,8,10H2,1H3,(H,19,22)/t12-/m0/s1. The molecular weight excluding hydrogens is 300 g/mol. The zero-order chi connectivity index (χ0) is 15.5. The maximum atomic E-state index is 12.1. The van der Waals surface area contributed by atoms with Crippen LogP contribution >= 0.6 is 11.6 Å². The van der Waals surface area contributed by atoms with Crippen molar-refractivity contribution in [2.45, 2.75) is 6.42 Å². The van der Waals surface area contributed by atoms with E-state index in [1.165, 1.54) is 0 Å². The van der Waals surface area contributed by atoms with Gasteiger partial charge in [0, 0.05) is 37.4 Å². The van der Waals surface area contributed by atoms with Crippen molar-refractivity contribution in [1.82, 2.24) is 14.9 Å². The Morgan fingerprint density at radius 3 is 3.09 bits per heavy atom. The number of imidazole rings is 1. The predicted octanol–water partition coefficient (Wildman–Crippen LogP) is 2.33. The fraction of sp³-hybridized carbons (Fsp3) is 0.375. The molecular formula is C16H19ClN4O. The summed E-state index contributed by atoms with van der Waals surface area (Å²) in [6.07, 6.45) is 4.28. The fourth-order valence-electron chi connectivity index (χ4n) is 2.81. The van der Waals surface area contributed by atoms with E-state index < -0.39 is 0 Å². The molecule has 116 valence electrons. The van der Waals surface area contributed by atoms with Crippen LogP contribution in [0, 0.1) is 5.92 Å². The highest BCUT2D eigenvalue weighted by atomic mass is 35.5. The quantitative estimate of drug-likeness (QED) is 0.941. The average molecular weight is 319 g/mol. The number of rotatable bonds is 4. The van der Waals surface area contributed by atoms with Gasteiger partial charge in [0.05, 0.1) is 12.5 Å². The lowest BCUT2D eigenvalue weighted by atomic mass is 10.1. The Hall–Kier alpha value is -2.01. The van der Waals surface area contributed by atoms with Gasteiger partial charge in [0.15, 0.2) is 0 Å². The van der Waals surface area contributed by atoms with E-state index in [-0.39, 0.29) is 5.91 Å². The van der Waals surface area contributed by atoms with Crippen molar-refractivity contribution in [3.63, 3.8) is 0 Å². The number of hydrogen-bond donors (Lipinski definition) is 1. The largest absolute Gasteiger partial charge is 0.371 e. The first-order valence-electron chi connectivity index (χ1n) is 7.38. The third-order valence-corrected chi connectivity index (χ3v) is 4.29. The number of aromatic nitrogens is 2. The van der Waals surface area contributed by atoms with E-state index in [0.29, 0.717) is 18.2 Å². The minimum absolute atomic E-state index is 0.0683. The number of aryl methyl sites for hydroxylation is 1. The summed E-state index contributed by atoms with van der Waals surface area (Å²) in [6, 6.07) is 7.91. The van der Waals surface area contributed by atoms with E-state index in [2.05, 4.69) is 21.3 Å². The Morgan fingerprint density at radius 2 is 2.36 bits per heavy atom. The molecule has 1 N–H and O–H groups in total. The molecule has 0 radical (unpaired) electrons. The molecule has 0 saturated carbocycles. The highest BCUT2D eigenvalue weighted by molar-refractivity contribution is 6.30. The zero-order valence-corrected chi connectivity index (χ0v) is 13.3. The molecule has 5 nitrogen and oxygen atoms in total. The summed E-state index contributed by atoms with van der Waals surface area (Å²) in [7, 11) is 1.82. The van der Waals surface area contributed by atoms with Crippen molar-refractivity contribution in [1.29, 1.82) is 0 Å². The summed E-state index contributed by atoms with van der Waals surface area (Å²) >= 11 is 6.04. The van der Waals surface area contributed by atoms with Crippen LogP contribution in [0.25, 0.3) is 0 Å². The van der Waals surface area contributed by atoms with Crippen molar-refractivity contribution >= 4 is 23.2 Å². The lowest BCUT2D eigenvalue weighted by Gasteiger charge is -2.19. The van der Waals surface area contributed by atoms with Gasteiger partial charge in [-0.3, -0.25) is 4.79 Å². The van der Waals surface area contributed by atoms with Crippen molar-refractivity contribution < 1.29 is 4.79 Å². The second kappa shape index (κ2) is 6.40. The number of halogens is 1. The molecule has 0 bridgehead atoms. The van der Waals surface area contributed by atoms with E-state index in [4.69, 9.17) is 11.6 Å². The van der Waals surface area contributed by atoms with Crippen LogP contribution in [-0.4, -0.2) is 35.1 Å². The highest BCUT2D eigenvalue weighted by Crippen LogP contribution is 2.25. The number of hydrogen-bond acceptors (Lipinski definition) is 3. The number of nitrogens with zero attached hydrogens (tertiary/aromatic N) is 3. The number of nitrogens with one attached hydrogen (secondary N) is 1.